The molecule has 1 atom stereocenters. The van der Waals surface area contributed by atoms with Gasteiger partial charge in [0.05, 0.1) is 0 Å². The van der Waals surface area contributed by atoms with Gasteiger partial charge in [-0.1, -0.05) is 300 Å². The second kappa shape index (κ2) is 63.6. The van der Waals surface area contributed by atoms with Crippen molar-refractivity contribution >= 4 is 17.9 Å². The molecule has 75 heavy (non-hydrogen) atoms. The topological polar surface area (TPSA) is 78.9 Å². The monoisotopic (exact) mass is 1050 g/mol. The summed E-state index contributed by atoms with van der Waals surface area (Å²) in [5, 5.41) is 0. The molecule has 0 fully saturated rings. The summed E-state index contributed by atoms with van der Waals surface area (Å²) in [7, 11) is 0. The van der Waals surface area contributed by atoms with Crippen LogP contribution in [0.3, 0.4) is 0 Å². The van der Waals surface area contributed by atoms with Crippen molar-refractivity contribution in [3.05, 3.63) is 60.8 Å². The van der Waals surface area contributed by atoms with Crippen molar-refractivity contribution in [2.24, 2.45) is 0 Å². The molecule has 436 valence electrons. The van der Waals surface area contributed by atoms with Gasteiger partial charge in [0.15, 0.2) is 6.10 Å². The lowest BCUT2D eigenvalue weighted by Gasteiger charge is -2.18. The third kappa shape index (κ3) is 61.8. The van der Waals surface area contributed by atoms with Crippen molar-refractivity contribution in [1.29, 1.82) is 0 Å². The average molecular weight is 1050 g/mol. The summed E-state index contributed by atoms with van der Waals surface area (Å²) in [6.07, 6.45) is 80.9. The van der Waals surface area contributed by atoms with Gasteiger partial charge in [-0.3, -0.25) is 14.4 Å². The molecule has 0 aliphatic heterocycles. The number of hydrogen-bond donors (Lipinski definition) is 0. The maximum atomic E-state index is 12.9. The molecule has 0 aliphatic carbocycles. The van der Waals surface area contributed by atoms with Crippen molar-refractivity contribution in [1.82, 2.24) is 0 Å². The number of unbranched alkanes of at least 4 members (excludes halogenated alkanes) is 39. The highest BCUT2D eigenvalue weighted by Gasteiger charge is 2.19. The highest BCUT2D eigenvalue weighted by molar-refractivity contribution is 5.71. The van der Waals surface area contributed by atoms with Crippen molar-refractivity contribution in [3.8, 4) is 0 Å². The second-order valence-electron chi connectivity index (χ2n) is 22.0. The lowest BCUT2D eigenvalue weighted by molar-refractivity contribution is -0.167. The molecule has 6 nitrogen and oxygen atoms in total. The number of carbonyl (C=O) groups excluding carboxylic acids is 3. The standard InChI is InChI=1S/C69H124O6/c1-4-7-10-13-16-19-22-25-28-30-32-33-34-35-37-38-41-44-47-50-53-56-59-62-68(71)74-65-66(64-73-67(70)61-58-55-52-49-46-43-40-27-24-21-18-15-12-9-6-3)75-69(72)63-60-57-54-51-48-45-42-39-36-31-29-26-23-20-17-14-11-8-5-2/h8,11,17,20,26-27,29,36,39-40,66H,4-7,9-10,12-16,18-19,21-25,28,30-35,37-38,41-65H2,1-3H3/b11-8-,20-17-,29-26-,39-36-,40-27-. The molecular formula is C69H124O6. The van der Waals surface area contributed by atoms with E-state index in [1.54, 1.807) is 0 Å². The van der Waals surface area contributed by atoms with Crippen LogP contribution in [0.25, 0.3) is 0 Å². The number of hydrogen-bond acceptors (Lipinski definition) is 6. The summed E-state index contributed by atoms with van der Waals surface area (Å²) in [6, 6.07) is 0. The molecule has 0 saturated carbocycles. The molecule has 0 bridgehead atoms. The minimum atomic E-state index is -0.785. The van der Waals surface area contributed by atoms with E-state index in [0.29, 0.717) is 19.3 Å². The van der Waals surface area contributed by atoms with E-state index >= 15 is 0 Å². The molecule has 0 aromatic rings. The van der Waals surface area contributed by atoms with Crippen LogP contribution < -0.4 is 0 Å². The first-order valence-corrected chi connectivity index (χ1v) is 32.8. The van der Waals surface area contributed by atoms with Gasteiger partial charge in [-0.25, -0.2) is 0 Å². The maximum Gasteiger partial charge on any atom is 0.306 e. The minimum Gasteiger partial charge on any atom is -0.462 e. The van der Waals surface area contributed by atoms with Crippen LogP contribution >= 0.6 is 0 Å². The van der Waals surface area contributed by atoms with Crippen LogP contribution in [0.5, 0.6) is 0 Å². The van der Waals surface area contributed by atoms with E-state index in [1.807, 2.05) is 0 Å². The molecule has 0 radical (unpaired) electrons. The molecule has 0 saturated heterocycles. The third-order valence-corrected chi connectivity index (χ3v) is 14.5. The lowest BCUT2D eigenvalue weighted by Crippen LogP contribution is -2.30. The zero-order valence-electron chi connectivity index (χ0n) is 50.1. The van der Waals surface area contributed by atoms with Gasteiger partial charge in [-0.05, 0) is 83.5 Å². The Balaban J connectivity index is 4.33. The fourth-order valence-electron chi connectivity index (χ4n) is 9.61. The number of allylic oxidation sites excluding steroid dienone is 10. The number of carbonyl (C=O) groups is 3. The Hall–Kier alpha value is -2.89. The van der Waals surface area contributed by atoms with Gasteiger partial charge < -0.3 is 14.2 Å². The summed E-state index contributed by atoms with van der Waals surface area (Å²) in [6.45, 7) is 6.56. The van der Waals surface area contributed by atoms with Crippen molar-refractivity contribution in [2.45, 2.75) is 348 Å². The van der Waals surface area contributed by atoms with Gasteiger partial charge >= 0.3 is 17.9 Å². The van der Waals surface area contributed by atoms with Gasteiger partial charge in [0.2, 0.25) is 0 Å². The second-order valence-corrected chi connectivity index (χ2v) is 22.0. The summed E-state index contributed by atoms with van der Waals surface area (Å²) in [5.41, 5.74) is 0. The molecule has 0 aromatic heterocycles. The largest absolute Gasteiger partial charge is 0.462 e. The zero-order chi connectivity index (χ0) is 54.3. The maximum absolute atomic E-state index is 12.9. The molecular weight excluding hydrogens is 925 g/mol. The Labute approximate surface area is 466 Å². The molecule has 0 amide bonds. The van der Waals surface area contributed by atoms with E-state index in [0.717, 1.165) is 103 Å². The zero-order valence-corrected chi connectivity index (χ0v) is 50.1. The Bertz CT molecular complexity index is 1340. The minimum absolute atomic E-state index is 0.0795. The van der Waals surface area contributed by atoms with Crippen molar-refractivity contribution in [3.63, 3.8) is 0 Å². The highest BCUT2D eigenvalue weighted by atomic mass is 16.6. The molecule has 0 N–H and O–H groups in total. The Morgan fingerprint density at radius 2 is 0.520 bits per heavy atom. The molecule has 0 aromatic carbocycles. The summed E-state index contributed by atoms with van der Waals surface area (Å²) in [5.74, 6) is -0.883. The number of ether oxygens (including phenoxy) is 3. The van der Waals surface area contributed by atoms with Crippen molar-refractivity contribution < 1.29 is 28.6 Å². The predicted molar refractivity (Wildman–Crippen MR) is 325 cm³/mol. The van der Waals surface area contributed by atoms with Crippen LogP contribution in [-0.2, 0) is 28.6 Å². The van der Waals surface area contributed by atoms with E-state index in [4.69, 9.17) is 14.2 Å². The molecule has 0 heterocycles. The van der Waals surface area contributed by atoms with Gasteiger partial charge in [0.1, 0.15) is 13.2 Å². The van der Waals surface area contributed by atoms with E-state index in [1.165, 1.54) is 199 Å². The van der Waals surface area contributed by atoms with Crippen LogP contribution in [0.1, 0.15) is 342 Å². The first-order chi connectivity index (χ1) is 37.0. The summed E-state index contributed by atoms with van der Waals surface area (Å²) >= 11 is 0. The quantitative estimate of drug-likeness (QED) is 0.0261. The molecule has 6 heteroatoms. The Morgan fingerprint density at radius 1 is 0.280 bits per heavy atom. The highest BCUT2D eigenvalue weighted by Crippen LogP contribution is 2.17. The van der Waals surface area contributed by atoms with Crippen LogP contribution in [-0.4, -0.2) is 37.2 Å². The number of esters is 3. The molecule has 0 aliphatic rings. The van der Waals surface area contributed by atoms with Crippen LogP contribution in [0.15, 0.2) is 60.8 Å². The Kier molecular flexibility index (Phi) is 61.2. The fraction of sp³-hybridized carbons (Fsp3) is 0.812. The molecule has 0 spiro atoms. The first kappa shape index (κ1) is 72.1. The Morgan fingerprint density at radius 3 is 0.827 bits per heavy atom. The van der Waals surface area contributed by atoms with Crippen molar-refractivity contribution in [2.75, 3.05) is 13.2 Å². The lowest BCUT2D eigenvalue weighted by atomic mass is 10.0. The van der Waals surface area contributed by atoms with Gasteiger partial charge in [0.25, 0.3) is 0 Å². The van der Waals surface area contributed by atoms with E-state index in [2.05, 4.69) is 81.5 Å². The van der Waals surface area contributed by atoms with E-state index in [-0.39, 0.29) is 31.1 Å². The van der Waals surface area contributed by atoms with Crippen LogP contribution in [0, 0.1) is 0 Å². The smallest absolute Gasteiger partial charge is 0.306 e. The van der Waals surface area contributed by atoms with Gasteiger partial charge in [-0.15, -0.1) is 0 Å². The average Bonchev–Trinajstić information content (AvgIpc) is 3.41. The van der Waals surface area contributed by atoms with Gasteiger partial charge in [0, 0.05) is 19.3 Å². The number of rotatable bonds is 60. The van der Waals surface area contributed by atoms with Crippen LogP contribution in [0.2, 0.25) is 0 Å². The molecule has 1 unspecified atom stereocenters. The first-order valence-electron chi connectivity index (χ1n) is 32.8. The van der Waals surface area contributed by atoms with E-state index in [9.17, 15) is 14.4 Å². The fourth-order valence-corrected chi connectivity index (χ4v) is 9.61. The SMILES string of the molecule is CC/C=C\C/C=C\C/C=C\C/C=C\CCCCCCCCC(=O)OC(COC(=O)CCCCCCC/C=C\CCCCCCCC)COC(=O)CCCCCCCCCCCCCCCCCCCCCCCCC. The summed E-state index contributed by atoms with van der Waals surface area (Å²) in [4.78, 5) is 38.3. The van der Waals surface area contributed by atoms with E-state index < -0.39 is 6.10 Å². The summed E-state index contributed by atoms with van der Waals surface area (Å²) < 4.78 is 16.9. The molecule has 0 rings (SSSR count). The third-order valence-electron chi connectivity index (χ3n) is 14.5. The predicted octanol–water partition coefficient (Wildman–Crippen LogP) is 22.3. The van der Waals surface area contributed by atoms with Gasteiger partial charge in [-0.2, -0.15) is 0 Å². The van der Waals surface area contributed by atoms with Crippen LogP contribution in [0.4, 0.5) is 0 Å². The normalized spacial score (nSPS) is 12.4.